The highest BCUT2D eigenvalue weighted by Gasteiger charge is 2.52. The Morgan fingerprint density at radius 3 is 1.87 bits per heavy atom. The smallest absolute Gasteiger partial charge is 0.257 e. The first-order valence-corrected chi connectivity index (χ1v) is 29.1. The van der Waals surface area contributed by atoms with Crippen molar-refractivity contribution in [1.82, 2.24) is 45.9 Å². The van der Waals surface area contributed by atoms with Crippen molar-refractivity contribution in [2.75, 3.05) is 26.2 Å². The summed E-state index contributed by atoms with van der Waals surface area (Å²) in [6, 6.07) is 33.9. The second-order valence-electron chi connectivity index (χ2n) is 22.9. The molecule has 0 saturated carbocycles. The van der Waals surface area contributed by atoms with Gasteiger partial charge in [-0.2, -0.15) is 0 Å². The fraction of sp³-hybridized carbons (Fsp3) is 0.385. The quantitative estimate of drug-likeness (QED) is 0.0972. The summed E-state index contributed by atoms with van der Waals surface area (Å²) < 4.78 is 6.29. The fourth-order valence-corrected chi connectivity index (χ4v) is 12.2. The molecule has 19 heteroatoms. The Kier molecular flexibility index (Phi) is 18.0. The third-order valence-electron chi connectivity index (χ3n) is 16.6. The molecule has 1 aromatic heterocycles. The average Bonchev–Trinajstić information content (AvgIpc) is 2.55. The Bertz CT molecular complexity index is 3380. The molecule has 19 nitrogen and oxygen atoms in total. The van der Waals surface area contributed by atoms with Gasteiger partial charge in [-0.05, 0) is 79.3 Å². The van der Waals surface area contributed by atoms with Gasteiger partial charge >= 0.3 is 0 Å². The molecule has 6 N–H and O–H groups in total. The highest BCUT2D eigenvalue weighted by molar-refractivity contribution is 6.03. The van der Waals surface area contributed by atoms with Gasteiger partial charge in [-0.3, -0.25) is 43.3 Å². The van der Waals surface area contributed by atoms with Crippen LogP contribution in [0.4, 0.5) is 0 Å². The van der Waals surface area contributed by atoms with Crippen LogP contribution in [-0.2, 0) is 70.0 Å². The minimum Gasteiger partial charge on any atom is -0.371 e. The second-order valence-corrected chi connectivity index (χ2v) is 22.9. The summed E-state index contributed by atoms with van der Waals surface area (Å²) in [5.74, 6) is -5.41. The first-order chi connectivity index (χ1) is 40.6. The lowest BCUT2D eigenvalue weighted by Crippen LogP contribution is -2.62. The van der Waals surface area contributed by atoms with E-state index in [0.29, 0.717) is 29.5 Å². The van der Waals surface area contributed by atoms with E-state index in [0.717, 1.165) is 21.4 Å². The highest BCUT2D eigenvalue weighted by atomic mass is 16.5. The van der Waals surface area contributed by atoms with Gasteiger partial charge in [-0.15, -0.1) is 0 Å². The number of hydrogen-bond acceptors (Lipinski definition) is 10. The van der Waals surface area contributed by atoms with E-state index in [9.17, 15) is 24.3 Å². The molecular weight excluding hydrogens is 1070 g/mol. The number of nitrogens with zero attached hydrogens (tertiary/aromatic N) is 4. The number of para-hydroxylation sites is 1. The van der Waals surface area contributed by atoms with Gasteiger partial charge in [0.05, 0.1) is 19.3 Å². The number of H-pyrrole nitrogens is 1. The Morgan fingerprint density at radius 1 is 0.595 bits per heavy atom. The third-order valence-corrected chi connectivity index (χ3v) is 16.6. The summed E-state index contributed by atoms with van der Waals surface area (Å²) >= 11 is 0. The number of aromatic amines is 1. The number of β-amino-alcohol motifs (C(OH)–C–C–N with tert-alkyl or cyclic N) is 1. The number of carbonyl (C=O) groups excluding carboxylic acids is 8. The molecule has 0 bridgehead atoms. The van der Waals surface area contributed by atoms with Crippen molar-refractivity contribution in [2.24, 2.45) is 5.92 Å². The molecule has 8 amide bonds. The van der Waals surface area contributed by atoms with Gasteiger partial charge in [0.25, 0.3) is 5.91 Å². The van der Waals surface area contributed by atoms with E-state index in [4.69, 9.17) is 4.74 Å². The van der Waals surface area contributed by atoms with Crippen molar-refractivity contribution >= 4 is 58.2 Å². The predicted molar refractivity (Wildman–Crippen MR) is 313 cm³/mol. The van der Waals surface area contributed by atoms with E-state index in [1.54, 1.807) is 49.5 Å². The number of benzene rings is 5. The summed E-state index contributed by atoms with van der Waals surface area (Å²) in [7, 11) is 0. The molecule has 0 aliphatic carbocycles. The Morgan fingerprint density at radius 2 is 1.17 bits per heavy atom. The van der Waals surface area contributed by atoms with Crippen molar-refractivity contribution in [2.45, 2.75) is 127 Å². The largest absolute Gasteiger partial charge is 0.371 e. The van der Waals surface area contributed by atoms with Crippen LogP contribution in [0.1, 0.15) is 91.1 Å². The van der Waals surface area contributed by atoms with Crippen molar-refractivity contribution in [3.8, 4) is 0 Å². The average molecular weight is 1140 g/mol. The first kappa shape index (κ1) is 58.5. The number of nitrogens with one attached hydrogen (secondary N) is 5. The topological polar surface area (TPSA) is 243 Å². The van der Waals surface area contributed by atoms with E-state index >= 15 is 19.2 Å². The summed E-state index contributed by atoms with van der Waals surface area (Å²) in [5, 5.41) is 26.0. The zero-order chi connectivity index (χ0) is 59.1. The van der Waals surface area contributed by atoms with Crippen molar-refractivity contribution in [3.05, 3.63) is 179 Å². The minimum absolute atomic E-state index is 0.00343. The van der Waals surface area contributed by atoms with Gasteiger partial charge in [0.15, 0.2) is 5.72 Å². The van der Waals surface area contributed by atoms with Crippen LogP contribution in [0.2, 0.25) is 0 Å². The van der Waals surface area contributed by atoms with Crippen LogP contribution in [0, 0.1) is 5.92 Å². The molecule has 0 unspecified atom stereocenters. The fourth-order valence-electron chi connectivity index (χ4n) is 12.2. The van der Waals surface area contributed by atoms with Crippen LogP contribution in [0.15, 0.2) is 146 Å². The Balaban J connectivity index is 1.07. The molecule has 0 radical (unpaired) electrons. The molecule has 438 valence electrons. The van der Waals surface area contributed by atoms with Crippen LogP contribution in [0.3, 0.4) is 0 Å². The van der Waals surface area contributed by atoms with Gasteiger partial charge in [0, 0.05) is 60.7 Å². The van der Waals surface area contributed by atoms with Crippen LogP contribution in [-0.4, -0.2) is 145 Å². The monoisotopic (exact) mass is 1140 g/mol. The zero-order valence-corrected chi connectivity index (χ0v) is 47.6. The number of fused-ring (bicyclic) bond motifs is 6. The van der Waals surface area contributed by atoms with Gasteiger partial charge in [0.2, 0.25) is 41.4 Å². The van der Waals surface area contributed by atoms with E-state index in [1.165, 1.54) is 14.7 Å². The number of carbonyl (C=O) groups is 8. The molecule has 5 aromatic carbocycles. The van der Waals surface area contributed by atoms with E-state index in [2.05, 4.69) is 26.3 Å². The third kappa shape index (κ3) is 12.9. The molecule has 4 aliphatic rings. The van der Waals surface area contributed by atoms with Crippen LogP contribution in [0.5, 0.6) is 0 Å². The first-order valence-electron chi connectivity index (χ1n) is 29.1. The minimum atomic E-state index is -2.32. The van der Waals surface area contributed by atoms with Crippen LogP contribution in [0.25, 0.3) is 10.9 Å². The molecular formula is C65H73N9O10. The summed E-state index contributed by atoms with van der Waals surface area (Å²) in [6.45, 7) is 4.36. The van der Waals surface area contributed by atoms with E-state index in [-0.39, 0.29) is 75.4 Å². The molecule has 5 heterocycles. The van der Waals surface area contributed by atoms with Crippen LogP contribution >= 0.6 is 0 Å². The van der Waals surface area contributed by atoms with Crippen molar-refractivity contribution in [3.63, 3.8) is 0 Å². The van der Waals surface area contributed by atoms with Crippen LogP contribution < -0.4 is 21.3 Å². The molecule has 3 fully saturated rings. The summed E-state index contributed by atoms with van der Waals surface area (Å²) in [5.41, 5.74) is 1.62. The molecule has 10 rings (SSSR count). The highest BCUT2D eigenvalue weighted by Crippen LogP contribution is 2.39. The number of hydrogen-bond donors (Lipinski definition) is 6. The molecule has 0 spiro atoms. The Hall–Kier alpha value is -8.68. The second kappa shape index (κ2) is 25.9. The van der Waals surface area contributed by atoms with Gasteiger partial charge in [-0.25, -0.2) is 0 Å². The van der Waals surface area contributed by atoms with E-state index < -0.39 is 108 Å². The van der Waals surface area contributed by atoms with Gasteiger partial charge < -0.3 is 50.8 Å². The molecule has 4 aliphatic heterocycles. The maximum absolute atomic E-state index is 15.7. The number of aromatic nitrogens is 1. The molecule has 3 saturated heterocycles. The molecule has 8 atom stereocenters. The number of rotatable bonds is 12. The lowest BCUT2D eigenvalue weighted by Gasteiger charge is -2.40. The maximum Gasteiger partial charge on any atom is 0.257 e. The number of ether oxygens (including phenoxy) is 1. The standard InChI is InChI=1S/C65H73N9O10/c1-41(2)33-51-58(76)68-53(35-46-36-66-50-28-16-14-25-47(46)50)64(82)73-32-18-30-55(73)59(77)69-52(34-43-19-7-4-8-20-43)63(81)71(37-44-21-9-5-10-22-44)40-65(83)49-27-15-13-26-48(49)62(80)74(65)38-56(75)72-31-17-29-54(72)60(78)70-57(61(79)67-51)42(3)84-39-45-23-11-6-12-24-45/h4-16,19-28,36,41-42,51-55,57,66,83H,17-18,29-35,37-40H2,1-3H3,(H,67,79)(H,68,76)(H,69,77)(H,70,78)/t42-,51+,52+,53+,54+,55+,57+,65-/m0/s1. The summed E-state index contributed by atoms with van der Waals surface area (Å²) in [6.07, 6.45) is 2.12. The van der Waals surface area contributed by atoms with E-state index in [1.807, 2.05) is 117 Å². The molecule has 6 aromatic rings. The SMILES string of the molecule is CC(C)C[C@H]1NC(=O)[C@@H]([C@H](C)OCc2ccccc2)NC(=O)[C@H]2CCCN2C(=O)CN2C(=O)c3ccccc3[C@@]2(O)CN(Cc2ccccc2)C(=O)[C@@H](Cc2ccccc2)NC(=O)[C@H]2CCCN2C(=O)[C@@H](Cc2c[nH]c3ccccc23)NC1=O. The molecule has 84 heavy (non-hydrogen) atoms. The zero-order valence-electron chi connectivity index (χ0n) is 47.6. The summed E-state index contributed by atoms with van der Waals surface area (Å²) in [4.78, 5) is 129. The lowest BCUT2D eigenvalue weighted by molar-refractivity contribution is -0.154. The lowest BCUT2D eigenvalue weighted by atomic mass is 9.98. The maximum atomic E-state index is 15.7. The van der Waals surface area contributed by atoms with Crippen molar-refractivity contribution in [1.29, 1.82) is 0 Å². The van der Waals surface area contributed by atoms with Crippen molar-refractivity contribution < 1.29 is 48.2 Å². The van der Waals surface area contributed by atoms with Gasteiger partial charge in [-0.1, -0.05) is 141 Å². The predicted octanol–water partition coefficient (Wildman–Crippen LogP) is 4.87. The Labute approximate surface area is 488 Å². The number of aliphatic hydroxyl groups is 1. The number of amides is 8. The van der Waals surface area contributed by atoms with Gasteiger partial charge in [0.1, 0.15) is 42.8 Å². The normalized spacial score (nSPS) is 24.4.